The third-order valence-corrected chi connectivity index (χ3v) is 5.49. The van der Waals surface area contributed by atoms with E-state index in [1.165, 1.54) is 32.1 Å². The van der Waals surface area contributed by atoms with Gasteiger partial charge in [0.2, 0.25) is 0 Å². The van der Waals surface area contributed by atoms with E-state index >= 15 is 0 Å². The zero-order chi connectivity index (χ0) is 17.0. The van der Waals surface area contributed by atoms with E-state index in [4.69, 9.17) is 0 Å². The normalized spacial score (nSPS) is 17.7. The van der Waals surface area contributed by atoms with Crippen molar-refractivity contribution in [3.05, 3.63) is 30.5 Å². The van der Waals surface area contributed by atoms with Gasteiger partial charge in [0.05, 0.1) is 0 Å². The van der Waals surface area contributed by atoms with Gasteiger partial charge >= 0.3 is 0 Å². The molecule has 0 fully saturated rings. The van der Waals surface area contributed by atoms with Crippen LogP contribution in [0.15, 0.2) is 30.5 Å². The Morgan fingerprint density at radius 1 is 1.09 bits per heavy atom. The van der Waals surface area contributed by atoms with Crippen LogP contribution in [0.2, 0.25) is 0 Å². The van der Waals surface area contributed by atoms with E-state index in [9.17, 15) is 0 Å². The van der Waals surface area contributed by atoms with Crippen molar-refractivity contribution in [1.29, 1.82) is 0 Å². The van der Waals surface area contributed by atoms with Gasteiger partial charge in [-0.3, -0.25) is 0 Å². The second-order valence-corrected chi connectivity index (χ2v) is 7.63. The first-order chi connectivity index (χ1) is 10.4. The second-order valence-electron chi connectivity index (χ2n) is 7.63. The lowest BCUT2D eigenvalue weighted by atomic mass is 9.82. The molecular weight excluding hydrogens is 264 g/mol. The standard InChI is InChI=1S/C22H40/c1-8-11-16-22(7,10-3)17-14-12-13-15-20(5)21(6)18-19(4)9-2/h8,12,17,19-21H,1,9-11,13,15-16,18H2,2-7H3. The Morgan fingerprint density at radius 2 is 1.77 bits per heavy atom. The van der Waals surface area contributed by atoms with E-state index in [-0.39, 0.29) is 5.41 Å². The Balaban J connectivity index is 4.25. The fourth-order valence-electron chi connectivity index (χ4n) is 2.79. The van der Waals surface area contributed by atoms with E-state index in [0.717, 1.165) is 30.6 Å². The molecule has 0 aliphatic carbocycles. The highest BCUT2D eigenvalue weighted by molar-refractivity contribution is 4.98. The molecule has 0 nitrogen and oxygen atoms in total. The van der Waals surface area contributed by atoms with Gasteiger partial charge in [0.1, 0.15) is 0 Å². The quantitative estimate of drug-likeness (QED) is 0.257. The summed E-state index contributed by atoms with van der Waals surface area (Å²) in [5, 5.41) is 0. The fourth-order valence-corrected chi connectivity index (χ4v) is 2.79. The molecule has 0 amide bonds. The molecule has 128 valence electrons. The third-order valence-electron chi connectivity index (χ3n) is 5.49. The van der Waals surface area contributed by atoms with Crippen LogP contribution in [0.25, 0.3) is 0 Å². The first-order valence-electron chi connectivity index (χ1n) is 9.41. The van der Waals surface area contributed by atoms with Crippen molar-refractivity contribution in [1.82, 2.24) is 0 Å². The molecule has 4 atom stereocenters. The maximum Gasteiger partial charge on any atom is -0.00705 e. The maximum atomic E-state index is 3.83. The fraction of sp³-hybridized carbons (Fsp3) is 0.773. The van der Waals surface area contributed by atoms with Gasteiger partial charge in [-0.15, -0.1) is 12.3 Å². The van der Waals surface area contributed by atoms with Crippen molar-refractivity contribution < 1.29 is 0 Å². The molecule has 0 aromatic carbocycles. The van der Waals surface area contributed by atoms with Gasteiger partial charge in [0, 0.05) is 0 Å². The van der Waals surface area contributed by atoms with Gasteiger partial charge in [0.25, 0.3) is 0 Å². The molecule has 0 radical (unpaired) electrons. The van der Waals surface area contributed by atoms with E-state index in [0.29, 0.717) is 0 Å². The summed E-state index contributed by atoms with van der Waals surface area (Å²) in [6, 6.07) is 0. The van der Waals surface area contributed by atoms with Gasteiger partial charge < -0.3 is 0 Å². The van der Waals surface area contributed by atoms with E-state index in [1.807, 2.05) is 6.08 Å². The van der Waals surface area contributed by atoms with Gasteiger partial charge in [0.15, 0.2) is 0 Å². The van der Waals surface area contributed by atoms with Crippen molar-refractivity contribution in [2.45, 2.75) is 86.5 Å². The first-order valence-corrected chi connectivity index (χ1v) is 9.41. The lowest BCUT2D eigenvalue weighted by Crippen LogP contribution is -2.11. The van der Waals surface area contributed by atoms with E-state index in [1.54, 1.807) is 0 Å². The highest BCUT2D eigenvalue weighted by Crippen LogP contribution is 2.29. The maximum absolute atomic E-state index is 3.83. The van der Waals surface area contributed by atoms with Gasteiger partial charge in [-0.2, -0.15) is 0 Å². The number of hydrogen-bond acceptors (Lipinski definition) is 0. The van der Waals surface area contributed by atoms with Crippen LogP contribution >= 0.6 is 0 Å². The Morgan fingerprint density at radius 3 is 2.32 bits per heavy atom. The molecule has 4 unspecified atom stereocenters. The molecule has 0 aromatic rings. The molecular formula is C22H40. The number of hydrogen-bond donors (Lipinski definition) is 0. The summed E-state index contributed by atoms with van der Waals surface area (Å²) >= 11 is 0. The summed E-state index contributed by atoms with van der Waals surface area (Å²) in [7, 11) is 0. The highest BCUT2D eigenvalue weighted by Gasteiger charge is 2.17. The molecule has 0 spiro atoms. The van der Waals surface area contributed by atoms with Gasteiger partial charge in [-0.25, -0.2) is 0 Å². The lowest BCUT2D eigenvalue weighted by Gasteiger charge is -2.22. The Kier molecular flexibility index (Phi) is 11.4. The van der Waals surface area contributed by atoms with E-state index < -0.39 is 0 Å². The van der Waals surface area contributed by atoms with Crippen LogP contribution in [0.4, 0.5) is 0 Å². The molecule has 0 rings (SSSR count). The van der Waals surface area contributed by atoms with Crippen molar-refractivity contribution >= 4 is 0 Å². The summed E-state index contributed by atoms with van der Waals surface area (Å²) in [4.78, 5) is 0. The van der Waals surface area contributed by atoms with Crippen molar-refractivity contribution in [3.8, 4) is 0 Å². The largest absolute Gasteiger partial charge is 0.129 e. The molecule has 0 heterocycles. The van der Waals surface area contributed by atoms with Crippen LogP contribution in [0, 0.1) is 23.2 Å². The predicted octanol–water partition coefficient (Wildman–Crippen LogP) is 7.57. The van der Waals surface area contributed by atoms with E-state index in [2.05, 4.69) is 66.0 Å². The molecule has 0 aromatic heterocycles. The zero-order valence-corrected chi connectivity index (χ0v) is 16.1. The first kappa shape index (κ1) is 21.3. The molecule has 0 saturated carbocycles. The molecule has 0 bridgehead atoms. The minimum absolute atomic E-state index is 0.278. The topological polar surface area (TPSA) is 0 Å². The lowest BCUT2D eigenvalue weighted by molar-refractivity contribution is 0.297. The Hall–Kier alpha value is -0.740. The summed E-state index contributed by atoms with van der Waals surface area (Å²) in [6.07, 6.45) is 15.1. The van der Waals surface area contributed by atoms with Crippen molar-refractivity contribution in [2.24, 2.45) is 23.2 Å². The molecule has 0 saturated heterocycles. The molecule has 0 heteroatoms. The summed E-state index contributed by atoms with van der Waals surface area (Å²) in [5.41, 5.74) is 3.73. The monoisotopic (exact) mass is 304 g/mol. The highest BCUT2D eigenvalue weighted by atomic mass is 14.2. The van der Waals surface area contributed by atoms with Gasteiger partial charge in [-0.1, -0.05) is 54.0 Å². The van der Waals surface area contributed by atoms with Crippen LogP contribution in [0.3, 0.4) is 0 Å². The Labute approximate surface area is 140 Å². The molecule has 22 heavy (non-hydrogen) atoms. The van der Waals surface area contributed by atoms with Crippen molar-refractivity contribution in [3.63, 3.8) is 0 Å². The van der Waals surface area contributed by atoms with Crippen LogP contribution < -0.4 is 0 Å². The summed E-state index contributed by atoms with van der Waals surface area (Å²) in [6.45, 7) is 17.9. The third kappa shape index (κ3) is 9.31. The average Bonchev–Trinajstić information content (AvgIpc) is 2.52. The minimum atomic E-state index is 0.278. The second kappa shape index (κ2) is 11.8. The zero-order valence-electron chi connectivity index (χ0n) is 16.1. The van der Waals surface area contributed by atoms with Crippen molar-refractivity contribution in [2.75, 3.05) is 0 Å². The minimum Gasteiger partial charge on any atom is -0.129 e. The number of allylic oxidation sites excluding steroid dienone is 2. The average molecular weight is 305 g/mol. The molecule has 0 N–H and O–H groups in total. The summed E-state index contributed by atoms with van der Waals surface area (Å²) in [5.74, 6) is 2.51. The van der Waals surface area contributed by atoms with Crippen LogP contribution in [0.5, 0.6) is 0 Å². The Bertz CT molecular complexity index is 345. The smallest absolute Gasteiger partial charge is 0.00705 e. The SMILES string of the molecule is C=CCCC(C)(C=C=CCCC(C)C(C)CC(C)CC)CC. The predicted molar refractivity (Wildman–Crippen MR) is 102 cm³/mol. The molecule has 0 aliphatic heterocycles. The van der Waals surface area contributed by atoms with Crippen LogP contribution in [-0.2, 0) is 0 Å². The molecule has 0 aliphatic rings. The van der Waals surface area contributed by atoms with Crippen LogP contribution in [0.1, 0.15) is 86.5 Å². The van der Waals surface area contributed by atoms with Crippen LogP contribution in [-0.4, -0.2) is 0 Å². The summed E-state index contributed by atoms with van der Waals surface area (Å²) < 4.78 is 0. The number of rotatable bonds is 12. The van der Waals surface area contributed by atoms with Gasteiger partial charge in [-0.05, 0) is 73.8 Å².